The first-order chi connectivity index (χ1) is 11.5. The number of fused-ring (bicyclic) bond motifs is 1. The third kappa shape index (κ3) is 2.85. The number of pyridine rings is 1. The molecular weight excluding hydrogens is 310 g/mol. The van der Waals surface area contributed by atoms with Gasteiger partial charge in [-0.15, -0.1) is 0 Å². The highest BCUT2D eigenvalue weighted by Crippen LogP contribution is 2.04. The van der Waals surface area contributed by atoms with Crippen LogP contribution in [0, 0.1) is 0 Å². The predicted octanol–water partition coefficient (Wildman–Crippen LogP) is -0.296. The van der Waals surface area contributed by atoms with E-state index in [4.69, 9.17) is 0 Å². The molecule has 124 valence electrons. The molecule has 3 heterocycles. The third-order valence-electron chi connectivity index (χ3n) is 3.84. The number of rotatable bonds is 4. The van der Waals surface area contributed by atoms with E-state index in [0.29, 0.717) is 13.0 Å². The number of amides is 1. The van der Waals surface area contributed by atoms with Crippen LogP contribution < -0.4 is 16.6 Å². The SMILES string of the molecule is Cn1c(C(=O)NCCc2cn3ccccc3n2)cc(=O)n(C)c1=O. The topological polar surface area (TPSA) is 90.4 Å². The van der Waals surface area contributed by atoms with Crippen LogP contribution in [-0.2, 0) is 20.5 Å². The van der Waals surface area contributed by atoms with Crippen molar-refractivity contribution in [2.24, 2.45) is 14.1 Å². The normalized spacial score (nSPS) is 10.9. The summed E-state index contributed by atoms with van der Waals surface area (Å²) in [6.07, 6.45) is 4.35. The highest BCUT2D eigenvalue weighted by molar-refractivity contribution is 5.92. The van der Waals surface area contributed by atoms with Gasteiger partial charge in [-0.05, 0) is 12.1 Å². The molecule has 0 unspecified atom stereocenters. The van der Waals surface area contributed by atoms with Gasteiger partial charge in [0.15, 0.2) is 0 Å². The van der Waals surface area contributed by atoms with Crippen LogP contribution in [0.2, 0.25) is 0 Å². The second-order valence-corrected chi connectivity index (χ2v) is 5.47. The molecule has 3 aromatic rings. The summed E-state index contributed by atoms with van der Waals surface area (Å²) in [5.74, 6) is -0.462. The minimum atomic E-state index is -0.534. The number of nitrogens with zero attached hydrogens (tertiary/aromatic N) is 4. The second kappa shape index (κ2) is 6.15. The van der Waals surface area contributed by atoms with Crippen LogP contribution in [-0.4, -0.2) is 31.0 Å². The summed E-state index contributed by atoms with van der Waals surface area (Å²) >= 11 is 0. The van der Waals surface area contributed by atoms with Gasteiger partial charge in [-0.2, -0.15) is 0 Å². The molecule has 0 fully saturated rings. The fourth-order valence-corrected chi connectivity index (χ4v) is 2.45. The first-order valence-corrected chi connectivity index (χ1v) is 7.45. The zero-order valence-electron chi connectivity index (χ0n) is 13.4. The predicted molar refractivity (Wildman–Crippen MR) is 88.2 cm³/mol. The Balaban J connectivity index is 1.70. The van der Waals surface area contributed by atoms with Crippen LogP contribution in [0.3, 0.4) is 0 Å². The van der Waals surface area contributed by atoms with E-state index in [1.54, 1.807) is 0 Å². The van der Waals surface area contributed by atoms with Crippen molar-refractivity contribution in [2.45, 2.75) is 6.42 Å². The Morgan fingerprint density at radius 2 is 2.00 bits per heavy atom. The Morgan fingerprint density at radius 3 is 2.75 bits per heavy atom. The first kappa shape index (κ1) is 15.7. The summed E-state index contributed by atoms with van der Waals surface area (Å²) in [7, 11) is 2.83. The molecule has 0 aliphatic rings. The lowest BCUT2D eigenvalue weighted by Crippen LogP contribution is -2.41. The van der Waals surface area contributed by atoms with Crippen LogP contribution in [0.4, 0.5) is 0 Å². The van der Waals surface area contributed by atoms with Gasteiger partial charge >= 0.3 is 5.69 Å². The van der Waals surface area contributed by atoms with E-state index < -0.39 is 17.2 Å². The standard InChI is InChI=1S/C16H17N5O3/c1-19-12(9-14(22)20(2)16(19)24)15(23)17-7-6-11-10-21-8-4-3-5-13(21)18-11/h3-5,8-10H,6-7H2,1-2H3,(H,17,23). The molecule has 8 heteroatoms. The third-order valence-corrected chi connectivity index (χ3v) is 3.84. The maximum Gasteiger partial charge on any atom is 0.331 e. The highest BCUT2D eigenvalue weighted by atomic mass is 16.2. The average Bonchev–Trinajstić information content (AvgIpc) is 2.98. The van der Waals surface area contributed by atoms with Gasteiger partial charge in [0, 0.05) is 45.5 Å². The molecule has 0 aliphatic heterocycles. The number of aromatic nitrogens is 4. The first-order valence-electron chi connectivity index (χ1n) is 7.45. The van der Waals surface area contributed by atoms with Crippen LogP contribution in [0.15, 0.2) is 46.2 Å². The van der Waals surface area contributed by atoms with E-state index in [9.17, 15) is 14.4 Å². The molecule has 0 aromatic carbocycles. The summed E-state index contributed by atoms with van der Waals surface area (Å²) in [4.78, 5) is 40.2. The number of nitrogens with one attached hydrogen (secondary N) is 1. The Hall–Kier alpha value is -3.16. The van der Waals surface area contributed by atoms with Gasteiger partial charge in [0.1, 0.15) is 11.3 Å². The van der Waals surface area contributed by atoms with Crippen LogP contribution in [0.5, 0.6) is 0 Å². The van der Waals surface area contributed by atoms with Crippen molar-refractivity contribution in [1.29, 1.82) is 0 Å². The molecule has 0 bridgehead atoms. The summed E-state index contributed by atoms with van der Waals surface area (Å²) in [6, 6.07) is 6.88. The van der Waals surface area contributed by atoms with Gasteiger partial charge in [-0.25, -0.2) is 9.78 Å². The molecule has 24 heavy (non-hydrogen) atoms. The zero-order chi connectivity index (χ0) is 17.3. The molecule has 3 rings (SSSR count). The average molecular weight is 327 g/mol. The molecule has 0 atom stereocenters. The number of imidazole rings is 1. The second-order valence-electron chi connectivity index (χ2n) is 5.47. The molecule has 8 nitrogen and oxygen atoms in total. The summed E-state index contributed by atoms with van der Waals surface area (Å²) in [5, 5.41) is 2.71. The largest absolute Gasteiger partial charge is 0.350 e. The fourth-order valence-electron chi connectivity index (χ4n) is 2.45. The minimum absolute atomic E-state index is 0.0399. The van der Waals surface area contributed by atoms with Crippen molar-refractivity contribution in [1.82, 2.24) is 23.8 Å². The lowest BCUT2D eigenvalue weighted by molar-refractivity contribution is 0.0944. The van der Waals surface area contributed by atoms with Gasteiger partial charge in [-0.3, -0.25) is 18.7 Å². The lowest BCUT2D eigenvalue weighted by Gasteiger charge is -2.09. The molecular formula is C16H17N5O3. The quantitative estimate of drug-likeness (QED) is 0.713. The van der Waals surface area contributed by atoms with Crippen molar-refractivity contribution in [3.05, 3.63) is 68.9 Å². The van der Waals surface area contributed by atoms with Crippen molar-refractivity contribution in [3.63, 3.8) is 0 Å². The van der Waals surface area contributed by atoms with E-state index in [2.05, 4.69) is 10.3 Å². The number of hydrogen-bond donors (Lipinski definition) is 1. The smallest absolute Gasteiger partial charge is 0.331 e. The van der Waals surface area contributed by atoms with E-state index in [-0.39, 0.29) is 5.69 Å². The molecule has 0 saturated carbocycles. The van der Waals surface area contributed by atoms with E-state index in [1.807, 2.05) is 35.0 Å². The zero-order valence-corrected chi connectivity index (χ0v) is 13.4. The maximum absolute atomic E-state index is 12.2. The van der Waals surface area contributed by atoms with Crippen molar-refractivity contribution in [3.8, 4) is 0 Å². The number of carbonyl (C=O) groups excluding carboxylic acids is 1. The van der Waals surface area contributed by atoms with Crippen LogP contribution in [0.25, 0.3) is 5.65 Å². The Bertz CT molecular complexity index is 995. The minimum Gasteiger partial charge on any atom is -0.350 e. The van der Waals surface area contributed by atoms with Crippen molar-refractivity contribution < 1.29 is 4.79 Å². The van der Waals surface area contributed by atoms with Gasteiger partial charge in [-0.1, -0.05) is 6.07 Å². The van der Waals surface area contributed by atoms with Crippen molar-refractivity contribution in [2.75, 3.05) is 6.54 Å². The van der Waals surface area contributed by atoms with Crippen molar-refractivity contribution >= 4 is 11.6 Å². The lowest BCUT2D eigenvalue weighted by atomic mass is 10.3. The van der Waals surface area contributed by atoms with E-state index in [0.717, 1.165) is 26.5 Å². The van der Waals surface area contributed by atoms with Crippen LogP contribution in [0.1, 0.15) is 16.2 Å². The molecule has 3 aromatic heterocycles. The van der Waals surface area contributed by atoms with Gasteiger partial charge in [0.2, 0.25) is 0 Å². The fraction of sp³-hybridized carbons (Fsp3) is 0.250. The molecule has 0 aliphatic carbocycles. The summed E-state index contributed by atoms with van der Waals surface area (Å²) in [5.41, 5.74) is 0.682. The Kier molecular flexibility index (Phi) is 4.03. The van der Waals surface area contributed by atoms with Gasteiger partial charge in [0.05, 0.1) is 5.69 Å². The molecule has 1 N–H and O–H groups in total. The summed E-state index contributed by atoms with van der Waals surface area (Å²) < 4.78 is 4.01. The Labute approximate surface area is 137 Å². The molecule has 0 saturated heterocycles. The van der Waals surface area contributed by atoms with E-state index in [1.165, 1.54) is 14.1 Å². The van der Waals surface area contributed by atoms with E-state index >= 15 is 0 Å². The Morgan fingerprint density at radius 1 is 1.21 bits per heavy atom. The molecule has 0 spiro atoms. The number of carbonyl (C=O) groups is 1. The monoisotopic (exact) mass is 327 g/mol. The maximum atomic E-state index is 12.2. The molecule has 0 radical (unpaired) electrons. The van der Waals surface area contributed by atoms with Gasteiger partial charge in [0.25, 0.3) is 11.5 Å². The number of hydrogen-bond acceptors (Lipinski definition) is 4. The molecule has 1 amide bonds. The van der Waals surface area contributed by atoms with Crippen LogP contribution >= 0.6 is 0 Å². The highest BCUT2D eigenvalue weighted by Gasteiger charge is 2.13. The summed E-state index contributed by atoms with van der Waals surface area (Å²) in [6.45, 7) is 0.353. The van der Waals surface area contributed by atoms with Gasteiger partial charge < -0.3 is 9.72 Å².